The predicted octanol–water partition coefficient (Wildman–Crippen LogP) is 5.02. The van der Waals surface area contributed by atoms with E-state index in [0.29, 0.717) is 11.6 Å². The average Bonchev–Trinajstić information content (AvgIpc) is 3.31. The van der Waals surface area contributed by atoms with Crippen LogP contribution in [0.15, 0.2) is 79.0 Å². The number of amides is 2. The molecule has 0 aliphatic rings. The number of carbonyl (C=O) groups excluding carboxylic acids is 2. The van der Waals surface area contributed by atoms with Crippen molar-refractivity contribution in [3.8, 4) is 16.9 Å². The molecule has 0 bridgehead atoms. The first-order valence-electron chi connectivity index (χ1n) is 11.9. The van der Waals surface area contributed by atoms with Crippen molar-refractivity contribution in [3.05, 3.63) is 102 Å². The second kappa shape index (κ2) is 11.6. The van der Waals surface area contributed by atoms with Crippen LogP contribution in [0.2, 0.25) is 0 Å². The number of nitrogens with one attached hydrogen (secondary N) is 1. The van der Waals surface area contributed by atoms with E-state index in [1.54, 1.807) is 0 Å². The van der Waals surface area contributed by atoms with E-state index in [4.69, 9.17) is 9.72 Å². The molecule has 3 aromatic carbocycles. The van der Waals surface area contributed by atoms with Gasteiger partial charge in [0.15, 0.2) is 0 Å². The number of ether oxygens (including phenoxy) is 1. The van der Waals surface area contributed by atoms with Crippen molar-refractivity contribution >= 4 is 17.8 Å². The molecule has 0 spiro atoms. The largest absolute Gasteiger partial charge is 0.383 e. The predicted molar refractivity (Wildman–Crippen MR) is 141 cm³/mol. The maximum atomic E-state index is 13.3. The molecule has 0 saturated carbocycles. The molecule has 8 heteroatoms. The Morgan fingerprint density at radius 1 is 0.946 bits per heavy atom. The summed E-state index contributed by atoms with van der Waals surface area (Å²) >= 11 is 0. The summed E-state index contributed by atoms with van der Waals surface area (Å²) in [6.07, 6.45) is 1.87. The Kier molecular flexibility index (Phi) is 8.10. The van der Waals surface area contributed by atoms with Crippen LogP contribution in [0.1, 0.15) is 21.5 Å². The van der Waals surface area contributed by atoms with Crippen LogP contribution in [-0.2, 0) is 9.53 Å². The second-order valence-electron chi connectivity index (χ2n) is 8.80. The van der Waals surface area contributed by atoms with Gasteiger partial charge in [0.2, 0.25) is 11.9 Å². The summed E-state index contributed by atoms with van der Waals surface area (Å²) in [6.45, 7) is 4.24. The maximum absolute atomic E-state index is 13.3. The minimum Gasteiger partial charge on any atom is -0.383 e. The van der Waals surface area contributed by atoms with Crippen LogP contribution in [0.4, 0.5) is 10.3 Å². The fraction of sp³-hybridized carbons (Fsp3) is 0.207. The van der Waals surface area contributed by atoms with Gasteiger partial charge in [0.05, 0.1) is 12.3 Å². The fourth-order valence-electron chi connectivity index (χ4n) is 3.80. The van der Waals surface area contributed by atoms with E-state index in [-0.39, 0.29) is 25.3 Å². The topological polar surface area (TPSA) is 76.5 Å². The molecule has 0 radical (unpaired) electrons. The Morgan fingerprint density at radius 3 is 2.19 bits per heavy atom. The Hall–Kier alpha value is -4.30. The first-order valence-corrected chi connectivity index (χ1v) is 11.9. The highest BCUT2D eigenvalue weighted by Gasteiger charge is 2.21. The number of aryl methyl sites for hydroxylation is 2. The van der Waals surface area contributed by atoms with Gasteiger partial charge in [0.1, 0.15) is 12.4 Å². The highest BCUT2D eigenvalue weighted by molar-refractivity contribution is 5.99. The van der Waals surface area contributed by atoms with Gasteiger partial charge in [0, 0.05) is 36.7 Å². The zero-order chi connectivity index (χ0) is 26.4. The Bertz CT molecular complexity index is 1360. The number of rotatable bonds is 9. The van der Waals surface area contributed by atoms with Gasteiger partial charge in [-0.1, -0.05) is 47.5 Å². The highest BCUT2D eigenvalue weighted by Crippen LogP contribution is 2.25. The number of hydrogen-bond donors (Lipinski definition) is 1. The Labute approximate surface area is 215 Å². The first kappa shape index (κ1) is 25.8. The molecule has 0 fully saturated rings. The van der Waals surface area contributed by atoms with Crippen LogP contribution in [0.3, 0.4) is 0 Å². The third-order valence-electron chi connectivity index (χ3n) is 5.89. The van der Waals surface area contributed by atoms with E-state index in [1.807, 2.05) is 73.1 Å². The third kappa shape index (κ3) is 6.48. The van der Waals surface area contributed by atoms with Gasteiger partial charge >= 0.3 is 0 Å². The molecule has 4 aromatic rings. The van der Waals surface area contributed by atoms with Gasteiger partial charge in [-0.3, -0.25) is 19.5 Å². The lowest BCUT2D eigenvalue weighted by molar-refractivity contribution is -0.117. The van der Waals surface area contributed by atoms with E-state index in [9.17, 15) is 14.0 Å². The Balaban J connectivity index is 1.60. The van der Waals surface area contributed by atoms with E-state index in [0.717, 1.165) is 22.4 Å². The van der Waals surface area contributed by atoms with E-state index < -0.39 is 17.6 Å². The standard InChI is InChI=1S/C29H29FN4O3/c1-20-4-8-22(9-5-20)26-18-34(25-14-6-21(2)7-15-25)29(31-26)32-27(35)19-33(16-17-37-3)28(36)23-10-12-24(30)13-11-23/h4-15,18H,16-17,19H2,1-3H3,(H,31,32,35). The summed E-state index contributed by atoms with van der Waals surface area (Å²) in [4.78, 5) is 32.2. The average molecular weight is 501 g/mol. The van der Waals surface area contributed by atoms with E-state index in [2.05, 4.69) is 5.32 Å². The van der Waals surface area contributed by atoms with Crippen LogP contribution in [0.25, 0.3) is 16.9 Å². The van der Waals surface area contributed by atoms with Crippen LogP contribution in [-0.4, -0.2) is 53.1 Å². The molecular weight excluding hydrogens is 471 g/mol. The molecule has 0 saturated heterocycles. The monoisotopic (exact) mass is 500 g/mol. The van der Waals surface area contributed by atoms with Crippen LogP contribution >= 0.6 is 0 Å². The lowest BCUT2D eigenvalue weighted by atomic mass is 10.1. The number of hydrogen-bond acceptors (Lipinski definition) is 4. The molecular formula is C29H29FN4O3. The number of carbonyl (C=O) groups is 2. The number of methoxy groups -OCH3 is 1. The lowest BCUT2D eigenvalue weighted by Gasteiger charge is -2.22. The number of halogens is 1. The lowest BCUT2D eigenvalue weighted by Crippen LogP contribution is -2.40. The van der Waals surface area contributed by atoms with Gasteiger partial charge in [0.25, 0.3) is 5.91 Å². The van der Waals surface area contributed by atoms with Crippen molar-refractivity contribution in [3.63, 3.8) is 0 Å². The molecule has 1 N–H and O–H groups in total. The first-order chi connectivity index (χ1) is 17.8. The van der Waals surface area contributed by atoms with Crippen molar-refractivity contribution in [2.24, 2.45) is 0 Å². The number of nitrogens with zero attached hydrogens (tertiary/aromatic N) is 3. The van der Waals surface area contributed by atoms with Crippen molar-refractivity contribution in [1.29, 1.82) is 0 Å². The number of imidazole rings is 1. The fourth-order valence-corrected chi connectivity index (χ4v) is 3.80. The van der Waals surface area contributed by atoms with Crippen molar-refractivity contribution in [1.82, 2.24) is 14.5 Å². The second-order valence-corrected chi connectivity index (χ2v) is 8.80. The van der Waals surface area contributed by atoms with Crippen molar-refractivity contribution in [2.75, 3.05) is 32.1 Å². The van der Waals surface area contributed by atoms with Crippen LogP contribution in [0, 0.1) is 19.7 Å². The molecule has 190 valence electrons. The highest BCUT2D eigenvalue weighted by atomic mass is 19.1. The molecule has 37 heavy (non-hydrogen) atoms. The molecule has 1 heterocycles. The summed E-state index contributed by atoms with van der Waals surface area (Å²) in [5.41, 5.74) is 4.99. The normalized spacial score (nSPS) is 10.8. The van der Waals surface area contributed by atoms with E-state index >= 15 is 0 Å². The van der Waals surface area contributed by atoms with Gasteiger partial charge < -0.3 is 9.64 Å². The van der Waals surface area contributed by atoms with Crippen LogP contribution in [0.5, 0.6) is 0 Å². The van der Waals surface area contributed by atoms with E-state index in [1.165, 1.54) is 36.3 Å². The number of aromatic nitrogens is 2. The molecule has 0 aliphatic heterocycles. The SMILES string of the molecule is COCCN(CC(=O)Nc1nc(-c2ccc(C)cc2)cn1-c1ccc(C)cc1)C(=O)c1ccc(F)cc1. The third-order valence-corrected chi connectivity index (χ3v) is 5.89. The summed E-state index contributed by atoms with van der Waals surface area (Å²) < 4.78 is 20.3. The molecule has 0 aliphatic carbocycles. The smallest absolute Gasteiger partial charge is 0.254 e. The quantitative estimate of drug-likeness (QED) is 0.350. The molecule has 0 unspecified atom stereocenters. The maximum Gasteiger partial charge on any atom is 0.254 e. The Morgan fingerprint density at radius 2 is 1.57 bits per heavy atom. The van der Waals surface area contributed by atoms with Crippen molar-refractivity contribution < 1.29 is 18.7 Å². The summed E-state index contributed by atoms with van der Waals surface area (Å²) in [5.74, 6) is -0.911. The summed E-state index contributed by atoms with van der Waals surface area (Å²) in [7, 11) is 1.52. The number of benzene rings is 3. The molecule has 0 atom stereocenters. The summed E-state index contributed by atoms with van der Waals surface area (Å²) in [6, 6.07) is 21.1. The summed E-state index contributed by atoms with van der Waals surface area (Å²) in [5, 5.41) is 2.87. The van der Waals surface area contributed by atoms with Gasteiger partial charge in [-0.05, 0) is 50.2 Å². The molecule has 1 aromatic heterocycles. The number of anilines is 1. The van der Waals surface area contributed by atoms with Crippen molar-refractivity contribution in [2.45, 2.75) is 13.8 Å². The zero-order valence-corrected chi connectivity index (χ0v) is 21.1. The van der Waals surface area contributed by atoms with Gasteiger partial charge in [-0.25, -0.2) is 9.37 Å². The molecule has 2 amide bonds. The minimum atomic E-state index is -0.440. The van der Waals surface area contributed by atoms with Gasteiger partial charge in [-0.15, -0.1) is 0 Å². The van der Waals surface area contributed by atoms with Crippen LogP contribution < -0.4 is 5.32 Å². The minimum absolute atomic E-state index is 0.196. The van der Waals surface area contributed by atoms with Gasteiger partial charge in [-0.2, -0.15) is 0 Å². The molecule has 7 nitrogen and oxygen atoms in total. The molecule has 4 rings (SSSR count). The zero-order valence-electron chi connectivity index (χ0n) is 21.1.